The molecule has 1 aromatic carbocycles. The van der Waals surface area contributed by atoms with E-state index < -0.39 is 0 Å². The van der Waals surface area contributed by atoms with Gasteiger partial charge in [0.15, 0.2) is 0 Å². The molecule has 0 aliphatic rings. The van der Waals surface area contributed by atoms with Crippen LogP contribution in [0.2, 0.25) is 0 Å². The fraction of sp³-hybridized carbons (Fsp3) is 0.250. The molecule has 1 rings (SSSR count). The number of rotatable bonds is 2. The number of phenols is 1. The second kappa shape index (κ2) is 4.25. The SMILES string of the molecule is COCc1c(O)cc(Br)cc1Br. The molecule has 1 N–H and O–H groups in total. The molecule has 0 heterocycles. The second-order valence-electron chi connectivity index (χ2n) is 2.32. The molecule has 0 unspecified atom stereocenters. The van der Waals surface area contributed by atoms with Gasteiger partial charge in [-0.05, 0) is 12.1 Å². The average molecular weight is 296 g/mol. The zero-order chi connectivity index (χ0) is 9.14. The van der Waals surface area contributed by atoms with Crippen molar-refractivity contribution in [2.45, 2.75) is 6.61 Å². The van der Waals surface area contributed by atoms with Gasteiger partial charge in [-0.25, -0.2) is 0 Å². The van der Waals surface area contributed by atoms with Crippen molar-refractivity contribution in [3.63, 3.8) is 0 Å². The van der Waals surface area contributed by atoms with Gasteiger partial charge in [-0.15, -0.1) is 0 Å². The Morgan fingerprint density at radius 3 is 2.58 bits per heavy atom. The maximum atomic E-state index is 9.46. The van der Waals surface area contributed by atoms with Crippen molar-refractivity contribution < 1.29 is 9.84 Å². The first kappa shape index (κ1) is 10.0. The van der Waals surface area contributed by atoms with Crippen molar-refractivity contribution >= 4 is 31.9 Å². The third kappa shape index (κ3) is 2.21. The highest BCUT2D eigenvalue weighted by molar-refractivity contribution is 9.11. The summed E-state index contributed by atoms with van der Waals surface area (Å²) in [5.41, 5.74) is 0.765. The minimum absolute atomic E-state index is 0.234. The Kier molecular flexibility index (Phi) is 3.55. The van der Waals surface area contributed by atoms with Crippen LogP contribution in [0, 0.1) is 0 Å². The lowest BCUT2D eigenvalue weighted by atomic mass is 10.2. The van der Waals surface area contributed by atoms with Crippen molar-refractivity contribution in [3.8, 4) is 5.75 Å². The summed E-state index contributed by atoms with van der Waals surface area (Å²) < 4.78 is 6.61. The Morgan fingerprint density at radius 1 is 1.42 bits per heavy atom. The number of hydrogen-bond acceptors (Lipinski definition) is 2. The molecule has 0 radical (unpaired) electrons. The molecule has 0 saturated carbocycles. The minimum Gasteiger partial charge on any atom is -0.507 e. The molecule has 0 saturated heterocycles. The summed E-state index contributed by atoms with van der Waals surface area (Å²) in [5, 5.41) is 9.46. The number of hydrogen-bond donors (Lipinski definition) is 1. The maximum Gasteiger partial charge on any atom is 0.123 e. The van der Waals surface area contributed by atoms with E-state index in [9.17, 15) is 5.11 Å². The molecule has 0 aliphatic carbocycles. The fourth-order valence-corrected chi connectivity index (χ4v) is 2.19. The van der Waals surface area contributed by atoms with Gasteiger partial charge in [0.2, 0.25) is 0 Å². The Hall–Kier alpha value is -0.0600. The van der Waals surface area contributed by atoms with E-state index in [1.807, 2.05) is 6.07 Å². The Labute approximate surface area is 87.8 Å². The lowest BCUT2D eigenvalue weighted by Crippen LogP contribution is -1.89. The van der Waals surface area contributed by atoms with Gasteiger partial charge in [-0.2, -0.15) is 0 Å². The highest BCUT2D eigenvalue weighted by Gasteiger charge is 2.06. The predicted octanol–water partition coefficient (Wildman–Crippen LogP) is 3.06. The van der Waals surface area contributed by atoms with Crippen LogP contribution in [0.5, 0.6) is 5.75 Å². The van der Waals surface area contributed by atoms with E-state index in [2.05, 4.69) is 31.9 Å². The molecule has 0 bridgehead atoms. The first-order valence-corrected chi connectivity index (χ1v) is 4.89. The van der Waals surface area contributed by atoms with Crippen molar-refractivity contribution in [1.29, 1.82) is 0 Å². The van der Waals surface area contributed by atoms with E-state index in [1.54, 1.807) is 13.2 Å². The highest BCUT2D eigenvalue weighted by atomic mass is 79.9. The van der Waals surface area contributed by atoms with E-state index in [-0.39, 0.29) is 5.75 Å². The third-order valence-electron chi connectivity index (χ3n) is 1.43. The second-order valence-corrected chi connectivity index (χ2v) is 4.09. The number of halogens is 2. The molecule has 0 fully saturated rings. The van der Waals surface area contributed by atoms with E-state index in [0.717, 1.165) is 14.5 Å². The van der Waals surface area contributed by atoms with Crippen LogP contribution in [0.25, 0.3) is 0 Å². The first-order valence-electron chi connectivity index (χ1n) is 3.31. The molecule has 0 spiro atoms. The standard InChI is InChI=1S/C8H8Br2O2/c1-12-4-6-7(10)2-5(9)3-8(6)11/h2-3,11H,4H2,1H3. The maximum absolute atomic E-state index is 9.46. The number of benzene rings is 1. The first-order chi connectivity index (χ1) is 5.65. The lowest BCUT2D eigenvalue weighted by molar-refractivity contribution is 0.181. The van der Waals surface area contributed by atoms with E-state index >= 15 is 0 Å². The summed E-state index contributed by atoms with van der Waals surface area (Å²) in [6.45, 7) is 0.402. The molecular weight excluding hydrogens is 288 g/mol. The fourth-order valence-electron chi connectivity index (χ4n) is 0.877. The molecule has 4 heteroatoms. The number of ether oxygens (including phenoxy) is 1. The Bertz CT molecular complexity index is 263. The van der Waals surface area contributed by atoms with Gasteiger partial charge in [-0.1, -0.05) is 31.9 Å². The van der Waals surface area contributed by atoms with Crippen LogP contribution in [-0.4, -0.2) is 12.2 Å². The van der Waals surface area contributed by atoms with Crippen LogP contribution in [-0.2, 0) is 11.3 Å². The monoisotopic (exact) mass is 294 g/mol. The van der Waals surface area contributed by atoms with Crippen LogP contribution in [0.15, 0.2) is 21.1 Å². The van der Waals surface area contributed by atoms with E-state index in [0.29, 0.717) is 6.61 Å². The third-order valence-corrected chi connectivity index (χ3v) is 2.59. The summed E-state index contributed by atoms with van der Waals surface area (Å²) in [6, 6.07) is 3.51. The normalized spacial score (nSPS) is 10.2. The molecule has 1 aromatic rings. The summed E-state index contributed by atoms with van der Waals surface area (Å²) in [7, 11) is 1.59. The number of aromatic hydroxyl groups is 1. The lowest BCUT2D eigenvalue weighted by Gasteiger charge is -2.06. The largest absolute Gasteiger partial charge is 0.507 e. The molecular formula is C8H8Br2O2. The van der Waals surface area contributed by atoms with Gasteiger partial charge in [0.05, 0.1) is 6.61 Å². The summed E-state index contributed by atoms with van der Waals surface area (Å²) in [6.07, 6.45) is 0. The zero-order valence-corrected chi connectivity index (χ0v) is 9.65. The molecule has 66 valence electrons. The Balaban J connectivity index is 3.10. The Morgan fingerprint density at radius 2 is 2.08 bits per heavy atom. The molecule has 12 heavy (non-hydrogen) atoms. The molecule has 0 amide bonds. The summed E-state index contributed by atoms with van der Waals surface area (Å²) >= 11 is 6.60. The molecule has 0 aliphatic heterocycles. The van der Waals surface area contributed by atoms with Gasteiger partial charge < -0.3 is 9.84 Å². The van der Waals surface area contributed by atoms with Crippen molar-refractivity contribution in [2.75, 3.05) is 7.11 Å². The van der Waals surface area contributed by atoms with Gasteiger partial charge >= 0.3 is 0 Å². The van der Waals surface area contributed by atoms with Crippen LogP contribution in [0.1, 0.15) is 5.56 Å². The average Bonchev–Trinajstić information content (AvgIpc) is 1.96. The van der Waals surface area contributed by atoms with Crippen molar-refractivity contribution in [1.82, 2.24) is 0 Å². The minimum atomic E-state index is 0.234. The molecule has 0 atom stereocenters. The van der Waals surface area contributed by atoms with Gasteiger partial charge in [0.25, 0.3) is 0 Å². The predicted molar refractivity (Wildman–Crippen MR) is 54.2 cm³/mol. The van der Waals surface area contributed by atoms with Crippen molar-refractivity contribution in [3.05, 3.63) is 26.6 Å². The van der Waals surface area contributed by atoms with Gasteiger partial charge in [0, 0.05) is 21.6 Å². The van der Waals surface area contributed by atoms with E-state index in [1.165, 1.54) is 0 Å². The number of phenolic OH excluding ortho intramolecular Hbond substituents is 1. The molecule has 2 nitrogen and oxygen atoms in total. The summed E-state index contributed by atoms with van der Waals surface area (Å²) in [4.78, 5) is 0. The topological polar surface area (TPSA) is 29.5 Å². The van der Waals surface area contributed by atoms with Crippen LogP contribution < -0.4 is 0 Å². The summed E-state index contributed by atoms with van der Waals surface area (Å²) in [5.74, 6) is 0.234. The highest BCUT2D eigenvalue weighted by Crippen LogP contribution is 2.30. The quantitative estimate of drug-likeness (QED) is 0.909. The van der Waals surface area contributed by atoms with Crippen LogP contribution in [0.3, 0.4) is 0 Å². The van der Waals surface area contributed by atoms with Crippen LogP contribution >= 0.6 is 31.9 Å². The zero-order valence-electron chi connectivity index (χ0n) is 6.47. The molecule has 0 aromatic heterocycles. The van der Waals surface area contributed by atoms with Crippen LogP contribution in [0.4, 0.5) is 0 Å². The van der Waals surface area contributed by atoms with Crippen molar-refractivity contribution in [2.24, 2.45) is 0 Å². The smallest absolute Gasteiger partial charge is 0.123 e. The van der Waals surface area contributed by atoms with Gasteiger partial charge in [0.1, 0.15) is 5.75 Å². The van der Waals surface area contributed by atoms with Gasteiger partial charge in [-0.3, -0.25) is 0 Å². The number of methoxy groups -OCH3 is 1. The van der Waals surface area contributed by atoms with E-state index in [4.69, 9.17) is 4.74 Å².